The molecule has 0 unspecified atom stereocenters. The molecule has 0 fully saturated rings. The van der Waals surface area contributed by atoms with Gasteiger partial charge < -0.3 is 29.2 Å². The molecule has 2 aliphatic carbocycles. The molecule has 0 saturated heterocycles. The Balaban J connectivity index is 0.000000193. The molecule has 0 aliphatic heterocycles. The fourth-order valence-corrected chi connectivity index (χ4v) is 22.9. The Hall–Kier alpha value is -2.70. The first kappa shape index (κ1) is 29.5. The van der Waals surface area contributed by atoms with E-state index >= 15 is 0 Å². The number of benzene rings is 2. The molecule has 0 saturated carbocycles. The van der Waals surface area contributed by atoms with E-state index < -0.39 is 26.8 Å². The number of ether oxygens (including phenoxy) is 4. The van der Waals surface area contributed by atoms with Crippen molar-refractivity contribution in [2.75, 3.05) is 28.4 Å². The number of methoxy groups -OCH3 is 4. The molecule has 6 nitrogen and oxygen atoms in total. The van der Waals surface area contributed by atoms with Crippen molar-refractivity contribution in [2.45, 2.75) is 25.9 Å². The fraction of sp³-hybridized carbons (Fsp3) is 0.286. The van der Waals surface area contributed by atoms with Gasteiger partial charge in [-0.1, -0.05) is 12.1 Å². The van der Waals surface area contributed by atoms with Gasteiger partial charge in [0.1, 0.15) is 23.0 Å². The van der Waals surface area contributed by atoms with Crippen molar-refractivity contribution in [3.63, 3.8) is 0 Å². The number of para-hydroxylation sites is 2. The van der Waals surface area contributed by atoms with Gasteiger partial charge in [0.25, 0.3) is 0 Å². The SMILES string of the molecule is COc1cccc(OC)c1[O-].COc1cccc(OC)c1[O-].C[SiH](C)[Zr+2]([C]1=CC=CC1)[C]1=CC=CC1. The molecule has 191 valence electrons. The monoisotopic (exact) mass is 585 g/mol. The summed E-state index contributed by atoms with van der Waals surface area (Å²) in [7, 11) is 5.82. The van der Waals surface area contributed by atoms with E-state index in [9.17, 15) is 10.2 Å². The van der Waals surface area contributed by atoms with Crippen molar-refractivity contribution in [3.05, 3.63) is 79.4 Å². The third kappa shape index (κ3) is 8.17. The van der Waals surface area contributed by atoms with Crippen LogP contribution in [0.4, 0.5) is 0 Å². The van der Waals surface area contributed by atoms with Crippen molar-refractivity contribution >= 4 is 5.92 Å². The molecule has 2 aromatic carbocycles. The molecule has 0 radical (unpaired) electrons. The Morgan fingerprint density at radius 2 is 0.972 bits per heavy atom. The van der Waals surface area contributed by atoms with Crippen molar-refractivity contribution in [1.82, 2.24) is 0 Å². The maximum absolute atomic E-state index is 11.2. The summed E-state index contributed by atoms with van der Waals surface area (Å²) in [4.78, 5) is 0. The summed E-state index contributed by atoms with van der Waals surface area (Å²) < 4.78 is 22.9. The molecule has 0 bridgehead atoms. The third-order valence-corrected chi connectivity index (χ3v) is 24.9. The summed E-state index contributed by atoms with van der Waals surface area (Å²) in [5.74, 6) is 0.405. The van der Waals surface area contributed by atoms with Gasteiger partial charge in [-0.3, -0.25) is 0 Å². The molecule has 2 aliphatic rings. The topological polar surface area (TPSA) is 83.0 Å². The first-order chi connectivity index (χ1) is 17.4. The van der Waals surface area contributed by atoms with Crippen LogP contribution in [0.5, 0.6) is 34.5 Å². The Morgan fingerprint density at radius 3 is 1.19 bits per heavy atom. The van der Waals surface area contributed by atoms with Crippen LogP contribution in [0, 0.1) is 0 Å². The van der Waals surface area contributed by atoms with Gasteiger partial charge in [0.15, 0.2) is 0 Å². The van der Waals surface area contributed by atoms with E-state index in [-0.39, 0.29) is 11.5 Å². The zero-order valence-electron chi connectivity index (χ0n) is 21.9. The van der Waals surface area contributed by atoms with E-state index in [1.54, 1.807) is 36.4 Å². The predicted octanol–water partition coefficient (Wildman–Crippen LogP) is 4.83. The summed E-state index contributed by atoms with van der Waals surface area (Å²) in [6, 6.07) is 9.82. The van der Waals surface area contributed by atoms with Crippen LogP contribution in [0.3, 0.4) is 0 Å². The number of hydrogen-bond acceptors (Lipinski definition) is 6. The van der Waals surface area contributed by atoms with E-state index in [4.69, 9.17) is 18.9 Å². The fourth-order valence-electron chi connectivity index (χ4n) is 3.88. The maximum atomic E-state index is 11.2. The second kappa shape index (κ2) is 15.4. The van der Waals surface area contributed by atoms with Crippen LogP contribution in [-0.2, 0) is 20.9 Å². The Kier molecular flexibility index (Phi) is 12.6. The molecule has 0 N–H and O–H groups in total. The quantitative estimate of drug-likeness (QED) is 0.432. The molecule has 8 heteroatoms. The van der Waals surface area contributed by atoms with Crippen molar-refractivity contribution in [1.29, 1.82) is 0 Å². The standard InChI is InChI=1S/2C8H10O3.2C5H5.C2H7Si.Zr/c2*1-10-6-4-3-5-7(11-2)8(6)9;2*1-2-4-5-3-1;1-3-2;/h2*3-5,9H,1-2H3;2*1-3H,4H2;3H,1-2H3;/q;;;;;+2/p-2. The van der Waals surface area contributed by atoms with E-state index in [0.717, 1.165) is 0 Å². The molecule has 0 spiro atoms. The van der Waals surface area contributed by atoms with E-state index in [2.05, 4.69) is 49.6 Å². The van der Waals surface area contributed by atoms with E-state index in [0.29, 0.717) is 23.0 Å². The molecule has 36 heavy (non-hydrogen) atoms. The molecule has 0 aromatic heterocycles. The van der Waals surface area contributed by atoms with Gasteiger partial charge in [0.05, 0.1) is 28.4 Å². The van der Waals surface area contributed by atoms with Crippen LogP contribution < -0.4 is 29.2 Å². The molecule has 0 heterocycles. The second-order valence-corrected chi connectivity index (χ2v) is 27.6. The average Bonchev–Trinajstić information content (AvgIpc) is 3.61. The van der Waals surface area contributed by atoms with Gasteiger partial charge in [-0.05, 0) is 35.8 Å². The molecule has 0 amide bonds. The van der Waals surface area contributed by atoms with E-state index in [1.165, 1.54) is 41.3 Å². The Bertz CT molecular complexity index is 979. The van der Waals surface area contributed by atoms with Crippen LogP contribution in [0.1, 0.15) is 12.8 Å². The summed E-state index contributed by atoms with van der Waals surface area (Å²) in [6.45, 7) is 5.10. The first-order valence-electron chi connectivity index (χ1n) is 11.7. The third-order valence-electron chi connectivity index (χ3n) is 5.58. The van der Waals surface area contributed by atoms with Gasteiger partial charge in [-0.15, -0.1) is 0 Å². The van der Waals surface area contributed by atoms with Crippen LogP contribution in [-0.4, -0.2) is 34.4 Å². The molecule has 0 atom stereocenters. The van der Waals surface area contributed by atoms with Crippen LogP contribution in [0.25, 0.3) is 0 Å². The van der Waals surface area contributed by atoms with Crippen LogP contribution >= 0.6 is 0 Å². The summed E-state index contributed by atoms with van der Waals surface area (Å²) in [5, 5.41) is 22.4. The number of rotatable bonds is 7. The minimum absolute atomic E-state index is 0.211. The normalized spacial score (nSPS) is 13.1. The number of hydrogen-bond donors (Lipinski definition) is 0. The van der Waals surface area contributed by atoms with E-state index in [1.807, 2.05) is 6.56 Å². The summed E-state index contributed by atoms with van der Waals surface area (Å²) >= 11 is -1.29. The van der Waals surface area contributed by atoms with Gasteiger partial charge in [0, 0.05) is 0 Å². The summed E-state index contributed by atoms with van der Waals surface area (Å²) in [6.07, 6.45) is 16.6. The number of allylic oxidation sites excluding steroid dienone is 8. The molecule has 4 rings (SSSR count). The van der Waals surface area contributed by atoms with Gasteiger partial charge in [0.2, 0.25) is 0 Å². The zero-order chi connectivity index (χ0) is 26.5. The average molecular weight is 587 g/mol. The molecule has 2 aromatic rings. The Morgan fingerprint density at radius 1 is 0.639 bits per heavy atom. The van der Waals surface area contributed by atoms with Crippen molar-refractivity contribution < 1.29 is 50.1 Å². The first-order valence-corrected chi connectivity index (χ1v) is 21.3. The molecular weight excluding hydrogens is 552 g/mol. The molecular formula is C28H35O6SiZr. The van der Waals surface area contributed by atoms with Gasteiger partial charge in [-0.25, -0.2) is 0 Å². The predicted molar refractivity (Wildman–Crippen MR) is 141 cm³/mol. The van der Waals surface area contributed by atoms with Gasteiger partial charge >= 0.3 is 95.8 Å². The van der Waals surface area contributed by atoms with Crippen molar-refractivity contribution in [2.24, 2.45) is 0 Å². The Labute approximate surface area is 223 Å². The second-order valence-electron chi connectivity index (χ2n) is 8.20. The zero-order valence-corrected chi connectivity index (χ0v) is 25.5. The summed E-state index contributed by atoms with van der Waals surface area (Å²) in [5.41, 5.74) is 0. The minimum atomic E-state index is -1.29. The van der Waals surface area contributed by atoms with Crippen LogP contribution in [0.15, 0.2) is 79.4 Å². The van der Waals surface area contributed by atoms with Crippen LogP contribution in [0.2, 0.25) is 13.1 Å². The van der Waals surface area contributed by atoms with Crippen molar-refractivity contribution in [3.8, 4) is 34.5 Å². The van der Waals surface area contributed by atoms with Gasteiger partial charge in [-0.2, -0.15) is 0 Å².